The zero-order chi connectivity index (χ0) is 26.9. The number of nitrogens with zero attached hydrogens (tertiary/aromatic N) is 2. The third-order valence-corrected chi connectivity index (χ3v) is 8.86. The molecule has 1 amide bonds. The maximum Gasteiger partial charge on any atom is 0.258 e. The van der Waals surface area contributed by atoms with Gasteiger partial charge < -0.3 is 14.2 Å². The van der Waals surface area contributed by atoms with E-state index < -0.39 is 0 Å². The van der Waals surface area contributed by atoms with E-state index in [1.807, 2.05) is 24.5 Å². The zero-order valence-electron chi connectivity index (χ0n) is 22.8. The lowest BCUT2D eigenvalue weighted by molar-refractivity contribution is 0.0968. The minimum Gasteiger partial charge on any atom is -0.496 e. The second kappa shape index (κ2) is 10.8. The standard InChI is InChI=1S/C34H34N2O2S/c1-4-5-12-24-22-31(36-28-16-9-6-13-25(28)26-14-7-10-17-29(26)36)27-15-8-11-18-30(27)35(24)34(37)23-19-20-33(39-3)32(21-23)38-2/h6-11,13-21,24,31H,4-5,12,22H2,1-3H3. The van der Waals surface area contributed by atoms with Gasteiger partial charge in [-0.25, -0.2) is 0 Å². The number of methoxy groups -OCH3 is 1. The second-order valence-electron chi connectivity index (χ2n) is 10.3. The molecule has 2 atom stereocenters. The Morgan fingerprint density at radius 1 is 0.923 bits per heavy atom. The number of carbonyl (C=O) groups excluding carboxylic acids is 1. The lowest BCUT2D eigenvalue weighted by atomic mass is 9.87. The van der Waals surface area contributed by atoms with E-state index in [9.17, 15) is 4.79 Å². The molecule has 1 aliphatic rings. The Kier molecular flexibility index (Phi) is 7.09. The maximum absolute atomic E-state index is 14.3. The van der Waals surface area contributed by atoms with Crippen LogP contribution in [0.2, 0.25) is 0 Å². The van der Waals surface area contributed by atoms with Gasteiger partial charge in [0.2, 0.25) is 0 Å². The first-order valence-corrected chi connectivity index (χ1v) is 15.0. The first-order valence-electron chi connectivity index (χ1n) is 13.8. The van der Waals surface area contributed by atoms with E-state index in [0.717, 1.165) is 42.0 Å². The predicted molar refractivity (Wildman–Crippen MR) is 164 cm³/mol. The van der Waals surface area contributed by atoms with Crippen molar-refractivity contribution in [1.29, 1.82) is 0 Å². The molecular weight excluding hydrogens is 500 g/mol. The van der Waals surface area contributed by atoms with E-state index in [1.54, 1.807) is 18.9 Å². The Balaban J connectivity index is 1.52. The molecule has 0 bridgehead atoms. The lowest BCUT2D eigenvalue weighted by Crippen LogP contribution is -2.46. The van der Waals surface area contributed by atoms with Gasteiger partial charge in [-0.1, -0.05) is 74.4 Å². The van der Waals surface area contributed by atoms with Gasteiger partial charge in [-0.3, -0.25) is 4.79 Å². The van der Waals surface area contributed by atoms with Gasteiger partial charge in [0.25, 0.3) is 5.91 Å². The first kappa shape index (κ1) is 25.6. The van der Waals surface area contributed by atoms with E-state index in [2.05, 4.69) is 89.2 Å². The monoisotopic (exact) mass is 534 g/mol. The van der Waals surface area contributed by atoms with E-state index in [-0.39, 0.29) is 18.0 Å². The van der Waals surface area contributed by atoms with E-state index in [0.29, 0.717) is 5.56 Å². The normalized spacial score (nSPS) is 16.9. The van der Waals surface area contributed by atoms with Crippen molar-refractivity contribution in [2.45, 2.75) is 49.6 Å². The molecule has 4 nitrogen and oxygen atoms in total. The zero-order valence-corrected chi connectivity index (χ0v) is 23.6. The van der Waals surface area contributed by atoms with Crippen molar-refractivity contribution in [1.82, 2.24) is 4.57 Å². The molecular formula is C34H34N2O2S. The minimum atomic E-state index is 0.0372. The fourth-order valence-electron chi connectivity index (χ4n) is 6.28. The highest BCUT2D eigenvalue weighted by Gasteiger charge is 2.37. The number of carbonyl (C=O) groups is 1. The number of amides is 1. The second-order valence-corrected chi connectivity index (χ2v) is 11.1. The van der Waals surface area contributed by atoms with Gasteiger partial charge in [-0.2, -0.15) is 0 Å². The largest absolute Gasteiger partial charge is 0.496 e. The van der Waals surface area contributed by atoms with Gasteiger partial charge in [0.1, 0.15) is 5.75 Å². The summed E-state index contributed by atoms with van der Waals surface area (Å²) in [7, 11) is 1.67. The van der Waals surface area contributed by atoms with Gasteiger partial charge in [0, 0.05) is 44.0 Å². The lowest BCUT2D eigenvalue weighted by Gasteiger charge is -2.42. The summed E-state index contributed by atoms with van der Waals surface area (Å²) < 4.78 is 8.14. The summed E-state index contributed by atoms with van der Waals surface area (Å²) in [6, 6.07) is 31.9. The minimum absolute atomic E-state index is 0.0372. The predicted octanol–water partition coefficient (Wildman–Crippen LogP) is 8.72. The molecule has 0 saturated heterocycles. The molecule has 0 saturated carbocycles. The Morgan fingerprint density at radius 3 is 2.26 bits per heavy atom. The van der Waals surface area contributed by atoms with Crippen LogP contribution in [0.3, 0.4) is 0 Å². The van der Waals surface area contributed by atoms with Crippen molar-refractivity contribution in [3.63, 3.8) is 0 Å². The SMILES string of the molecule is CCCCC1CC(n2c3ccccc3c3ccccc32)c2ccccc2N1C(=O)c1ccc(SC)c(OC)c1. The van der Waals surface area contributed by atoms with Crippen LogP contribution in [0.1, 0.15) is 54.6 Å². The topological polar surface area (TPSA) is 34.5 Å². The van der Waals surface area contributed by atoms with Crippen LogP contribution in [-0.4, -0.2) is 29.9 Å². The highest BCUT2D eigenvalue weighted by molar-refractivity contribution is 7.98. The van der Waals surface area contributed by atoms with Crippen molar-refractivity contribution in [3.8, 4) is 5.75 Å². The molecule has 0 N–H and O–H groups in total. The molecule has 0 fully saturated rings. The van der Waals surface area contributed by atoms with Crippen molar-refractivity contribution < 1.29 is 9.53 Å². The van der Waals surface area contributed by atoms with Gasteiger partial charge in [0.05, 0.1) is 13.2 Å². The van der Waals surface area contributed by atoms with E-state index in [4.69, 9.17) is 4.74 Å². The van der Waals surface area contributed by atoms with Gasteiger partial charge >= 0.3 is 0 Å². The number of para-hydroxylation sites is 3. The third kappa shape index (κ3) is 4.39. The number of rotatable bonds is 7. The number of thioether (sulfide) groups is 1. The number of aromatic nitrogens is 1. The third-order valence-electron chi connectivity index (χ3n) is 8.08. The summed E-state index contributed by atoms with van der Waals surface area (Å²) in [5.41, 5.74) is 5.35. The van der Waals surface area contributed by atoms with Crippen LogP contribution in [0.5, 0.6) is 5.75 Å². The summed E-state index contributed by atoms with van der Waals surface area (Å²) in [6.07, 6.45) is 6.02. The summed E-state index contributed by atoms with van der Waals surface area (Å²) in [5.74, 6) is 0.780. The Labute approximate surface area is 234 Å². The number of hydrogen-bond acceptors (Lipinski definition) is 3. The fourth-order valence-corrected chi connectivity index (χ4v) is 6.83. The summed E-state index contributed by atoms with van der Waals surface area (Å²) >= 11 is 1.62. The Hall–Kier alpha value is -3.70. The average Bonchev–Trinajstić information content (AvgIpc) is 3.33. The molecule has 4 aromatic carbocycles. The van der Waals surface area contributed by atoms with Gasteiger partial charge in [-0.15, -0.1) is 11.8 Å². The summed E-state index contributed by atoms with van der Waals surface area (Å²) in [5, 5.41) is 2.55. The molecule has 0 aliphatic carbocycles. The molecule has 198 valence electrons. The van der Waals surface area contributed by atoms with Crippen LogP contribution in [0.25, 0.3) is 21.8 Å². The molecule has 39 heavy (non-hydrogen) atoms. The van der Waals surface area contributed by atoms with Crippen molar-refractivity contribution >= 4 is 45.2 Å². The van der Waals surface area contributed by atoms with Crippen molar-refractivity contribution in [2.24, 2.45) is 0 Å². The molecule has 5 heteroatoms. The molecule has 0 spiro atoms. The van der Waals surface area contributed by atoms with E-state index in [1.165, 1.54) is 27.4 Å². The van der Waals surface area contributed by atoms with Gasteiger partial charge in [0.15, 0.2) is 0 Å². The number of anilines is 1. The fraction of sp³-hybridized carbons (Fsp3) is 0.265. The number of unbranched alkanes of at least 4 members (excludes halogenated alkanes) is 1. The Morgan fingerprint density at radius 2 is 1.59 bits per heavy atom. The molecule has 2 heterocycles. The average molecular weight is 535 g/mol. The first-order chi connectivity index (χ1) is 19.2. The quantitative estimate of drug-likeness (QED) is 0.196. The number of hydrogen-bond donors (Lipinski definition) is 0. The molecule has 0 radical (unpaired) electrons. The van der Waals surface area contributed by atoms with Gasteiger partial charge in [-0.05, 0) is 61.1 Å². The van der Waals surface area contributed by atoms with Crippen LogP contribution in [0.4, 0.5) is 5.69 Å². The molecule has 1 aliphatic heterocycles. The highest BCUT2D eigenvalue weighted by Crippen LogP contribution is 2.45. The van der Waals surface area contributed by atoms with Crippen LogP contribution < -0.4 is 9.64 Å². The van der Waals surface area contributed by atoms with Crippen LogP contribution >= 0.6 is 11.8 Å². The maximum atomic E-state index is 14.3. The van der Waals surface area contributed by atoms with Crippen LogP contribution in [0, 0.1) is 0 Å². The smallest absolute Gasteiger partial charge is 0.258 e. The number of fused-ring (bicyclic) bond motifs is 4. The highest BCUT2D eigenvalue weighted by atomic mass is 32.2. The molecule has 1 aromatic heterocycles. The molecule has 6 rings (SSSR count). The van der Waals surface area contributed by atoms with Crippen molar-refractivity contribution in [2.75, 3.05) is 18.3 Å². The van der Waals surface area contributed by atoms with Crippen molar-refractivity contribution in [3.05, 3.63) is 102 Å². The summed E-state index contributed by atoms with van der Waals surface area (Å²) in [6.45, 7) is 2.22. The number of benzene rings is 4. The van der Waals surface area contributed by atoms with Crippen LogP contribution in [0.15, 0.2) is 95.9 Å². The number of ether oxygens (including phenoxy) is 1. The van der Waals surface area contributed by atoms with Crippen LogP contribution in [-0.2, 0) is 0 Å². The summed E-state index contributed by atoms with van der Waals surface area (Å²) in [4.78, 5) is 17.4. The van der Waals surface area contributed by atoms with E-state index >= 15 is 0 Å². The molecule has 5 aromatic rings. The Bertz CT molecular complexity index is 1600. The molecule has 2 unspecified atom stereocenters.